The number of halogens is 1. The highest BCUT2D eigenvalue weighted by Gasteiger charge is 2.34. The third-order valence-corrected chi connectivity index (χ3v) is 6.58. The summed E-state index contributed by atoms with van der Waals surface area (Å²) in [5.41, 5.74) is 4.94. The number of hydrogen-bond donors (Lipinski definition) is 1. The Morgan fingerprint density at radius 2 is 2.24 bits per heavy atom. The second kappa shape index (κ2) is 7.96. The van der Waals surface area contributed by atoms with Gasteiger partial charge in [-0.3, -0.25) is 0 Å². The molecule has 6 heteroatoms. The predicted molar refractivity (Wildman–Crippen MR) is 117 cm³/mol. The van der Waals surface area contributed by atoms with Crippen LogP contribution in [0.3, 0.4) is 0 Å². The maximum absolute atomic E-state index is 6.31. The Hall–Kier alpha value is -2.11. The maximum Gasteiger partial charge on any atom is 0.226 e. The minimum Gasteiger partial charge on any atom is -0.381 e. The number of H-pyrrole nitrogens is 1. The normalized spacial score (nSPS) is 22.1. The minimum absolute atomic E-state index is 0.226. The van der Waals surface area contributed by atoms with Gasteiger partial charge in [-0.25, -0.2) is 9.97 Å². The van der Waals surface area contributed by atoms with Crippen molar-refractivity contribution in [2.75, 3.05) is 24.7 Å². The lowest BCUT2D eigenvalue weighted by Gasteiger charge is -2.38. The second-order valence-corrected chi connectivity index (χ2v) is 8.62. The molecular formula is C23H27ClN4O. The molecule has 29 heavy (non-hydrogen) atoms. The number of benzene rings is 1. The Bertz CT molecular complexity index is 1010. The molecule has 2 aromatic heterocycles. The van der Waals surface area contributed by atoms with E-state index in [9.17, 15) is 0 Å². The summed E-state index contributed by atoms with van der Waals surface area (Å²) in [7, 11) is 0. The molecule has 152 valence electrons. The maximum atomic E-state index is 6.31. The van der Waals surface area contributed by atoms with Crippen LogP contribution in [0.25, 0.3) is 10.9 Å². The first-order valence-corrected chi connectivity index (χ1v) is 11.1. The van der Waals surface area contributed by atoms with Crippen molar-refractivity contribution in [3.63, 3.8) is 0 Å². The van der Waals surface area contributed by atoms with E-state index in [1.807, 2.05) is 18.3 Å². The molecule has 0 bridgehead atoms. The molecule has 0 spiro atoms. The summed E-state index contributed by atoms with van der Waals surface area (Å²) in [6, 6.07) is 8.38. The number of anilines is 1. The van der Waals surface area contributed by atoms with Crippen molar-refractivity contribution in [1.29, 1.82) is 0 Å². The lowest BCUT2D eigenvalue weighted by molar-refractivity contribution is 0.0483. The highest BCUT2D eigenvalue weighted by molar-refractivity contribution is 6.31. The third kappa shape index (κ3) is 3.62. The number of nitrogens with zero attached hydrogens (tertiary/aromatic N) is 3. The fraction of sp³-hybridized carbons (Fsp3) is 0.478. The number of aryl methyl sites for hydroxylation is 1. The van der Waals surface area contributed by atoms with Gasteiger partial charge in [0.2, 0.25) is 5.95 Å². The molecule has 2 atom stereocenters. The number of fused-ring (bicyclic) bond motifs is 3. The van der Waals surface area contributed by atoms with Crippen molar-refractivity contribution >= 4 is 28.5 Å². The summed E-state index contributed by atoms with van der Waals surface area (Å²) in [6.07, 6.45) is 7.19. The molecule has 1 fully saturated rings. The van der Waals surface area contributed by atoms with Gasteiger partial charge in [-0.2, -0.15) is 0 Å². The summed E-state index contributed by atoms with van der Waals surface area (Å²) < 4.78 is 5.79. The van der Waals surface area contributed by atoms with E-state index in [1.54, 1.807) is 0 Å². The molecule has 2 aliphatic heterocycles. The molecule has 4 heterocycles. The first-order valence-electron chi connectivity index (χ1n) is 10.7. The monoisotopic (exact) mass is 410 g/mol. The molecule has 1 saturated heterocycles. The van der Waals surface area contributed by atoms with Crippen molar-refractivity contribution < 1.29 is 4.74 Å². The quantitative estimate of drug-likeness (QED) is 0.650. The summed E-state index contributed by atoms with van der Waals surface area (Å²) in [5.74, 6) is 1.40. The van der Waals surface area contributed by atoms with E-state index >= 15 is 0 Å². The molecule has 3 aromatic rings. The third-order valence-electron chi connectivity index (χ3n) is 6.34. The lowest BCUT2D eigenvalue weighted by Crippen LogP contribution is -2.38. The molecule has 0 amide bonds. The van der Waals surface area contributed by atoms with Crippen molar-refractivity contribution in [3.05, 3.63) is 52.4 Å². The number of ether oxygens (including phenoxy) is 1. The van der Waals surface area contributed by atoms with Crippen LogP contribution in [0.15, 0.2) is 30.5 Å². The van der Waals surface area contributed by atoms with E-state index in [4.69, 9.17) is 21.3 Å². The molecule has 0 radical (unpaired) electrons. The minimum atomic E-state index is 0.226. The summed E-state index contributed by atoms with van der Waals surface area (Å²) in [6.45, 7) is 4.79. The summed E-state index contributed by atoms with van der Waals surface area (Å²) in [5, 5.41) is 2.04. The average molecular weight is 411 g/mol. The molecule has 1 aromatic carbocycles. The first-order chi connectivity index (χ1) is 14.2. The molecule has 1 N–H and O–H groups in total. The van der Waals surface area contributed by atoms with E-state index in [0.717, 1.165) is 67.6 Å². The van der Waals surface area contributed by atoms with Crippen LogP contribution in [0.1, 0.15) is 49.2 Å². The van der Waals surface area contributed by atoms with Crippen molar-refractivity contribution in [2.24, 2.45) is 5.92 Å². The molecule has 2 aliphatic rings. The van der Waals surface area contributed by atoms with Gasteiger partial charge in [-0.1, -0.05) is 18.5 Å². The van der Waals surface area contributed by atoms with Crippen LogP contribution in [0.2, 0.25) is 5.02 Å². The van der Waals surface area contributed by atoms with Crippen molar-refractivity contribution in [1.82, 2.24) is 15.0 Å². The standard InChI is InChI=1S/C23H27ClN4O/c1-2-17-7-9-25-23(26-17)28-10-8-18-19-13-16(24)5-6-20(19)27-22(18)21(28)12-15-4-3-11-29-14-15/h5-7,9,13,15,21,27H,2-4,8,10-12,14H2,1H3/t15-,21-/m0/s1. The Morgan fingerprint density at radius 3 is 3.07 bits per heavy atom. The Morgan fingerprint density at radius 1 is 1.31 bits per heavy atom. The highest BCUT2D eigenvalue weighted by atomic mass is 35.5. The van der Waals surface area contributed by atoms with Gasteiger partial charge in [-0.05, 0) is 67.9 Å². The van der Waals surface area contributed by atoms with Crippen LogP contribution in [0.4, 0.5) is 5.95 Å². The van der Waals surface area contributed by atoms with E-state index in [2.05, 4.69) is 33.9 Å². The van der Waals surface area contributed by atoms with Gasteiger partial charge in [0.15, 0.2) is 0 Å². The zero-order valence-electron chi connectivity index (χ0n) is 16.8. The van der Waals surface area contributed by atoms with Crippen molar-refractivity contribution in [3.8, 4) is 0 Å². The Labute approximate surface area is 176 Å². The SMILES string of the molecule is CCc1ccnc(N2CCc3c([nH]c4ccc(Cl)cc34)[C@@H]2C[C@@H]2CCCOC2)n1. The van der Waals surface area contributed by atoms with E-state index < -0.39 is 0 Å². The number of aromatic amines is 1. The molecule has 5 nitrogen and oxygen atoms in total. The van der Waals surface area contributed by atoms with E-state index in [1.165, 1.54) is 23.1 Å². The number of aromatic nitrogens is 3. The van der Waals surface area contributed by atoms with Crippen LogP contribution in [-0.2, 0) is 17.6 Å². The second-order valence-electron chi connectivity index (χ2n) is 8.19. The smallest absolute Gasteiger partial charge is 0.226 e. The predicted octanol–water partition coefficient (Wildman–Crippen LogP) is 5.09. The van der Waals surface area contributed by atoms with Gasteiger partial charge >= 0.3 is 0 Å². The van der Waals surface area contributed by atoms with Crippen LogP contribution in [0.5, 0.6) is 0 Å². The molecule has 5 rings (SSSR count). The summed E-state index contributed by atoms with van der Waals surface area (Å²) >= 11 is 6.31. The van der Waals surface area contributed by atoms with Gasteiger partial charge in [0.1, 0.15) is 0 Å². The average Bonchev–Trinajstić information content (AvgIpc) is 3.13. The Balaban J connectivity index is 1.57. The van der Waals surface area contributed by atoms with Gasteiger partial charge in [0, 0.05) is 53.3 Å². The van der Waals surface area contributed by atoms with Crippen molar-refractivity contribution in [2.45, 2.75) is 45.1 Å². The molecule has 0 aliphatic carbocycles. The fourth-order valence-corrected chi connectivity index (χ4v) is 5.02. The van der Waals surface area contributed by atoms with Crippen LogP contribution in [-0.4, -0.2) is 34.7 Å². The number of rotatable bonds is 4. The zero-order valence-corrected chi connectivity index (χ0v) is 17.6. The van der Waals surface area contributed by atoms with Gasteiger partial charge in [0.05, 0.1) is 6.04 Å². The lowest BCUT2D eigenvalue weighted by atomic mass is 9.88. The molecule has 0 unspecified atom stereocenters. The van der Waals surface area contributed by atoms with E-state index in [0.29, 0.717) is 5.92 Å². The zero-order chi connectivity index (χ0) is 19.8. The number of hydrogen-bond acceptors (Lipinski definition) is 4. The largest absolute Gasteiger partial charge is 0.381 e. The number of nitrogens with one attached hydrogen (secondary N) is 1. The van der Waals surface area contributed by atoms with Gasteiger partial charge in [0.25, 0.3) is 0 Å². The van der Waals surface area contributed by atoms with Gasteiger partial charge < -0.3 is 14.6 Å². The van der Waals surface area contributed by atoms with Crippen LogP contribution >= 0.6 is 11.6 Å². The van der Waals surface area contributed by atoms with E-state index in [-0.39, 0.29) is 6.04 Å². The van der Waals surface area contributed by atoms with Crippen LogP contribution in [0, 0.1) is 5.92 Å². The topological polar surface area (TPSA) is 54.0 Å². The molecule has 0 saturated carbocycles. The molecular weight excluding hydrogens is 384 g/mol. The highest BCUT2D eigenvalue weighted by Crippen LogP contribution is 2.41. The fourth-order valence-electron chi connectivity index (χ4n) is 4.85. The first kappa shape index (κ1) is 18.9. The van der Waals surface area contributed by atoms with Gasteiger partial charge in [-0.15, -0.1) is 0 Å². The Kier molecular flexibility index (Phi) is 5.18. The van der Waals surface area contributed by atoms with Crippen LogP contribution < -0.4 is 4.90 Å². The summed E-state index contributed by atoms with van der Waals surface area (Å²) in [4.78, 5) is 15.6.